The average molecular weight is 277 g/mol. The maximum absolute atomic E-state index is 5.68. The molecule has 3 rings (SSSR count). The minimum Gasteiger partial charge on any atom is -0.444 e. The minimum atomic E-state index is 0.617. The number of oxazole rings is 1. The van der Waals surface area contributed by atoms with Crippen LogP contribution in [0.5, 0.6) is 0 Å². The van der Waals surface area contributed by atoms with E-state index in [2.05, 4.69) is 15.6 Å². The van der Waals surface area contributed by atoms with Crippen molar-refractivity contribution >= 4 is 0 Å². The molecular formula is C16H27N3O. The number of nitrogens with zero attached hydrogens (tertiary/aromatic N) is 1. The SMILES string of the molecule is Cc1nc(CNC2CCCCC2C2CCCN2)oc1C. The van der Waals surface area contributed by atoms with E-state index in [1.54, 1.807) is 0 Å². The standard InChI is InChI=1S/C16H27N3O/c1-11-12(2)20-16(19-11)10-18-15-7-4-3-6-13(15)14-8-5-9-17-14/h13-15,17-18H,3-10H2,1-2H3. The van der Waals surface area contributed by atoms with E-state index in [0.717, 1.165) is 35.8 Å². The van der Waals surface area contributed by atoms with Gasteiger partial charge in [0.1, 0.15) is 5.76 Å². The molecule has 0 amide bonds. The van der Waals surface area contributed by atoms with Crippen molar-refractivity contribution in [2.75, 3.05) is 6.54 Å². The number of aryl methyl sites for hydroxylation is 2. The summed E-state index contributed by atoms with van der Waals surface area (Å²) in [4.78, 5) is 4.47. The number of aromatic nitrogens is 1. The first-order valence-corrected chi connectivity index (χ1v) is 8.13. The van der Waals surface area contributed by atoms with Gasteiger partial charge in [-0.1, -0.05) is 12.8 Å². The highest BCUT2D eigenvalue weighted by molar-refractivity contribution is 5.05. The summed E-state index contributed by atoms with van der Waals surface area (Å²) in [6, 6.07) is 1.34. The minimum absolute atomic E-state index is 0.617. The van der Waals surface area contributed by atoms with Crippen molar-refractivity contribution in [1.29, 1.82) is 0 Å². The molecule has 112 valence electrons. The summed E-state index contributed by atoms with van der Waals surface area (Å²) in [7, 11) is 0. The smallest absolute Gasteiger partial charge is 0.208 e. The van der Waals surface area contributed by atoms with Gasteiger partial charge in [0.15, 0.2) is 0 Å². The van der Waals surface area contributed by atoms with Gasteiger partial charge < -0.3 is 15.1 Å². The van der Waals surface area contributed by atoms with Gasteiger partial charge in [-0.2, -0.15) is 0 Å². The van der Waals surface area contributed by atoms with Gasteiger partial charge in [-0.15, -0.1) is 0 Å². The third kappa shape index (κ3) is 3.07. The van der Waals surface area contributed by atoms with Crippen molar-refractivity contribution < 1.29 is 4.42 Å². The molecular weight excluding hydrogens is 250 g/mol. The van der Waals surface area contributed by atoms with Crippen LogP contribution in [-0.2, 0) is 6.54 Å². The van der Waals surface area contributed by atoms with Gasteiger partial charge in [0.25, 0.3) is 0 Å². The number of hydrogen-bond acceptors (Lipinski definition) is 4. The molecule has 1 aromatic heterocycles. The monoisotopic (exact) mass is 277 g/mol. The normalized spacial score (nSPS) is 30.8. The fourth-order valence-corrected chi connectivity index (χ4v) is 3.80. The summed E-state index contributed by atoms with van der Waals surface area (Å²) in [5.41, 5.74) is 1.01. The lowest BCUT2D eigenvalue weighted by Crippen LogP contribution is -2.46. The van der Waals surface area contributed by atoms with Crippen molar-refractivity contribution in [3.05, 3.63) is 17.3 Å². The van der Waals surface area contributed by atoms with Crippen LogP contribution in [0.4, 0.5) is 0 Å². The second-order valence-corrected chi connectivity index (χ2v) is 6.39. The lowest BCUT2D eigenvalue weighted by atomic mass is 9.79. The fourth-order valence-electron chi connectivity index (χ4n) is 3.80. The van der Waals surface area contributed by atoms with E-state index >= 15 is 0 Å². The van der Waals surface area contributed by atoms with E-state index in [9.17, 15) is 0 Å². The van der Waals surface area contributed by atoms with Crippen LogP contribution >= 0.6 is 0 Å². The molecule has 3 atom stereocenters. The van der Waals surface area contributed by atoms with Crippen LogP contribution in [0.1, 0.15) is 55.9 Å². The highest BCUT2D eigenvalue weighted by Gasteiger charge is 2.33. The van der Waals surface area contributed by atoms with Crippen LogP contribution in [0.3, 0.4) is 0 Å². The van der Waals surface area contributed by atoms with Crippen LogP contribution < -0.4 is 10.6 Å². The molecule has 1 saturated heterocycles. The zero-order chi connectivity index (χ0) is 13.9. The molecule has 4 heteroatoms. The second kappa shape index (κ2) is 6.27. The molecule has 2 aliphatic rings. The van der Waals surface area contributed by atoms with Gasteiger partial charge in [-0.25, -0.2) is 4.98 Å². The van der Waals surface area contributed by atoms with Crippen molar-refractivity contribution in [3.8, 4) is 0 Å². The van der Waals surface area contributed by atoms with Gasteiger partial charge in [0, 0.05) is 12.1 Å². The Morgan fingerprint density at radius 2 is 2.05 bits per heavy atom. The van der Waals surface area contributed by atoms with Crippen LogP contribution in [-0.4, -0.2) is 23.6 Å². The molecule has 4 nitrogen and oxygen atoms in total. The Kier molecular flexibility index (Phi) is 4.41. The highest BCUT2D eigenvalue weighted by atomic mass is 16.4. The molecule has 1 saturated carbocycles. The van der Waals surface area contributed by atoms with Crippen LogP contribution in [0, 0.1) is 19.8 Å². The molecule has 0 aromatic carbocycles. The molecule has 20 heavy (non-hydrogen) atoms. The maximum Gasteiger partial charge on any atom is 0.208 e. The Morgan fingerprint density at radius 1 is 1.20 bits per heavy atom. The predicted octanol–water partition coefficient (Wildman–Crippen LogP) is 2.69. The largest absolute Gasteiger partial charge is 0.444 e. The topological polar surface area (TPSA) is 50.1 Å². The summed E-state index contributed by atoms with van der Waals surface area (Å²) in [6.07, 6.45) is 8.08. The number of nitrogens with one attached hydrogen (secondary N) is 2. The van der Waals surface area contributed by atoms with E-state index in [1.807, 2.05) is 13.8 Å². The molecule has 1 aliphatic carbocycles. The second-order valence-electron chi connectivity index (χ2n) is 6.39. The first-order valence-electron chi connectivity index (χ1n) is 8.13. The molecule has 2 N–H and O–H groups in total. The van der Waals surface area contributed by atoms with Crippen LogP contribution in [0.2, 0.25) is 0 Å². The lowest BCUT2D eigenvalue weighted by Gasteiger charge is -2.36. The van der Waals surface area contributed by atoms with Gasteiger partial charge in [-0.3, -0.25) is 0 Å². The van der Waals surface area contributed by atoms with E-state index in [0.29, 0.717) is 6.04 Å². The van der Waals surface area contributed by atoms with E-state index in [-0.39, 0.29) is 0 Å². The average Bonchev–Trinajstić information content (AvgIpc) is 3.08. The zero-order valence-electron chi connectivity index (χ0n) is 12.7. The van der Waals surface area contributed by atoms with Crippen molar-refractivity contribution in [2.24, 2.45) is 5.92 Å². The van der Waals surface area contributed by atoms with E-state index in [1.165, 1.54) is 45.1 Å². The summed E-state index contributed by atoms with van der Waals surface area (Å²) >= 11 is 0. The quantitative estimate of drug-likeness (QED) is 0.888. The number of rotatable bonds is 4. The predicted molar refractivity (Wildman–Crippen MR) is 79.6 cm³/mol. The van der Waals surface area contributed by atoms with Gasteiger partial charge in [0.05, 0.1) is 12.2 Å². The summed E-state index contributed by atoms with van der Waals surface area (Å²) in [6.45, 7) is 5.96. The third-order valence-corrected chi connectivity index (χ3v) is 5.02. The lowest BCUT2D eigenvalue weighted by molar-refractivity contribution is 0.209. The molecule has 3 unspecified atom stereocenters. The first-order chi connectivity index (χ1) is 9.74. The van der Waals surface area contributed by atoms with Gasteiger partial charge in [-0.05, 0) is 52.0 Å². The Morgan fingerprint density at radius 3 is 2.75 bits per heavy atom. The molecule has 0 bridgehead atoms. The Labute approximate surface area is 121 Å². The van der Waals surface area contributed by atoms with E-state index in [4.69, 9.17) is 4.42 Å². The van der Waals surface area contributed by atoms with Crippen molar-refractivity contribution in [3.63, 3.8) is 0 Å². The molecule has 0 spiro atoms. The summed E-state index contributed by atoms with van der Waals surface area (Å²) in [5, 5.41) is 7.40. The highest BCUT2D eigenvalue weighted by Crippen LogP contribution is 2.30. The van der Waals surface area contributed by atoms with Crippen molar-refractivity contribution in [1.82, 2.24) is 15.6 Å². The molecule has 0 radical (unpaired) electrons. The zero-order valence-corrected chi connectivity index (χ0v) is 12.7. The van der Waals surface area contributed by atoms with Crippen molar-refractivity contribution in [2.45, 2.75) is 71.0 Å². The van der Waals surface area contributed by atoms with Gasteiger partial charge >= 0.3 is 0 Å². The van der Waals surface area contributed by atoms with Gasteiger partial charge in [0.2, 0.25) is 5.89 Å². The Hall–Kier alpha value is -0.870. The molecule has 1 aromatic rings. The fraction of sp³-hybridized carbons (Fsp3) is 0.812. The summed E-state index contributed by atoms with van der Waals surface area (Å²) in [5.74, 6) is 2.56. The molecule has 1 aliphatic heterocycles. The first kappa shape index (κ1) is 14.1. The summed E-state index contributed by atoms with van der Waals surface area (Å²) < 4.78 is 5.68. The maximum atomic E-state index is 5.68. The van der Waals surface area contributed by atoms with E-state index < -0.39 is 0 Å². The third-order valence-electron chi connectivity index (χ3n) is 5.02. The van der Waals surface area contributed by atoms with Crippen LogP contribution in [0.25, 0.3) is 0 Å². The number of hydrogen-bond donors (Lipinski definition) is 2. The molecule has 2 fully saturated rings. The van der Waals surface area contributed by atoms with Crippen LogP contribution in [0.15, 0.2) is 4.42 Å². The Bertz CT molecular complexity index is 417. The Balaban J connectivity index is 1.58. The molecule has 2 heterocycles.